The van der Waals surface area contributed by atoms with Crippen LogP contribution in [-0.4, -0.2) is 54.8 Å². The first-order valence-electron chi connectivity index (χ1n) is 9.66. The zero-order valence-corrected chi connectivity index (χ0v) is 19.1. The summed E-state index contributed by atoms with van der Waals surface area (Å²) in [5, 5.41) is 2.92. The smallest absolute Gasteiger partial charge is 0.276 e. The van der Waals surface area contributed by atoms with Crippen molar-refractivity contribution >= 4 is 50.8 Å². The first-order valence-corrected chi connectivity index (χ1v) is 11.9. The van der Waals surface area contributed by atoms with Crippen LogP contribution in [-0.2, 0) is 10.0 Å². The van der Waals surface area contributed by atoms with Crippen LogP contribution in [0, 0.1) is 0 Å². The zero-order valence-electron chi connectivity index (χ0n) is 16.7. The molecule has 1 fully saturated rings. The summed E-state index contributed by atoms with van der Waals surface area (Å²) in [5.74, 6) is -0.159. The predicted octanol–water partition coefficient (Wildman–Crippen LogP) is 3.67. The van der Waals surface area contributed by atoms with Gasteiger partial charge in [-0.3, -0.25) is 4.79 Å². The molecule has 162 valence electrons. The Morgan fingerprint density at radius 1 is 1.17 bits per heavy atom. The van der Waals surface area contributed by atoms with E-state index in [1.165, 1.54) is 28.7 Å². The first kappa shape index (κ1) is 22.7. The van der Waals surface area contributed by atoms with Gasteiger partial charge >= 0.3 is 0 Å². The number of anilines is 2. The lowest BCUT2D eigenvalue weighted by Crippen LogP contribution is -2.30. The summed E-state index contributed by atoms with van der Waals surface area (Å²) in [4.78, 5) is 23.4. The Labute approximate surface area is 186 Å². The third-order valence-electron chi connectivity index (χ3n) is 4.86. The minimum atomic E-state index is -3.70. The van der Waals surface area contributed by atoms with Crippen LogP contribution in [0.25, 0.3) is 0 Å². The van der Waals surface area contributed by atoms with Gasteiger partial charge in [0.05, 0.1) is 26.8 Å². The lowest BCUT2D eigenvalue weighted by Gasteiger charge is -2.19. The normalized spacial score (nSPS) is 14.4. The number of nitrogens with one attached hydrogen (secondary N) is 1. The van der Waals surface area contributed by atoms with Crippen molar-refractivity contribution in [2.75, 3.05) is 36.4 Å². The number of hydrogen-bond acceptors (Lipinski definition) is 6. The van der Waals surface area contributed by atoms with E-state index in [4.69, 9.17) is 23.2 Å². The van der Waals surface area contributed by atoms with Gasteiger partial charge in [-0.05, 0) is 31.0 Å². The molecule has 1 aliphatic rings. The van der Waals surface area contributed by atoms with Gasteiger partial charge in [-0.15, -0.1) is 0 Å². The van der Waals surface area contributed by atoms with Gasteiger partial charge in [-0.2, -0.15) is 4.31 Å². The van der Waals surface area contributed by atoms with Gasteiger partial charge in [-0.25, -0.2) is 18.4 Å². The zero-order chi connectivity index (χ0) is 21.9. The topological polar surface area (TPSA) is 95.5 Å². The van der Waals surface area contributed by atoms with E-state index in [9.17, 15) is 13.2 Å². The number of hydrogen-bond donors (Lipinski definition) is 1. The van der Waals surface area contributed by atoms with E-state index in [0.29, 0.717) is 19.0 Å². The highest BCUT2D eigenvalue weighted by Gasteiger charge is 2.24. The number of halogens is 2. The Morgan fingerprint density at radius 2 is 1.83 bits per heavy atom. The van der Waals surface area contributed by atoms with Gasteiger partial charge in [0, 0.05) is 26.2 Å². The van der Waals surface area contributed by atoms with E-state index >= 15 is 0 Å². The molecule has 1 N–H and O–H groups in total. The van der Waals surface area contributed by atoms with E-state index in [-0.39, 0.29) is 26.3 Å². The van der Waals surface area contributed by atoms with Crippen molar-refractivity contribution < 1.29 is 13.2 Å². The SMILES string of the molecule is CCN(CC)S(=O)(=O)c1ccc(Cl)c(NC(=O)c2nc(N3CCCC3)ncc2Cl)c1. The minimum Gasteiger partial charge on any atom is -0.341 e. The Balaban J connectivity index is 1.89. The number of carbonyl (C=O) groups excluding carboxylic acids is 1. The van der Waals surface area contributed by atoms with Crippen molar-refractivity contribution in [3.05, 3.63) is 40.1 Å². The molecule has 1 aromatic carbocycles. The Bertz CT molecular complexity index is 1040. The third-order valence-corrected chi connectivity index (χ3v) is 7.52. The maximum Gasteiger partial charge on any atom is 0.276 e. The molecule has 2 heterocycles. The van der Waals surface area contributed by atoms with Crippen LogP contribution in [0.3, 0.4) is 0 Å². The van der Waals surface area contributed by atoms with Crippen LogP contribution in [0.4, 0.5) is 11.6 Å². The van der Waals surface area contributed by atoms with Crippen LogP contribution in [0.1, 0.15) is 37.2 Å². The summed E-state index contributed by atoms with van der Waals surface area (Å²) in [6, 6.07) is 4.18. The molecule has 30 heavy (non-hydrogen) atoms. The van der Waals surface area contributed by atoms with Gasteiger partial charge in [0.2, 0.25) is 16.0 Å². The Kier molecular flexibility index (Phi) is 7.18. The summed E-state index contributed by atoms with van der Waals surface area (Å²) in [7, 11) is -3.70. The second-order valence-electron chi connectivity index (χ2n) is 6.75. The molecule has 0 aliphatic carbocycles. The fourth-order valence-corrected chi connectivity index (χ4v) is 5.07. The molecule has 2 aromatic rings. The van der Waals surface area contributed by atoms with Crippen LogP contribution in [0.5, 0.6) is 0 Å². The first-order chi connectivity index (χ1) is 14.3. The molecule has 1 aromatic heterocycles. The molecule has 0 unspecified atom stereocenters. The van der Waals surface area contributed by atoms with Gasteiger partial charge in [0.15, 0.2) is 5.69 Å². The van der Waals surface area contributed by atoms with E-state index < -0.39 is 15.9 Å². The highest BCUT2D eigenvalue weighted by molar-refractivity contribution is 7.89. The molecule has 0 bridgehead atoms. The van der Waals surface area contributed by atoms with E-state index in [2.05, 4.69) is 15.3 Å². The number of carbonyl (C=O) groups is 1. The molecule has 1 amide bonds. The highest BCUT2D eigenvalue weighted by Crippen LogP contribution is 2.28. The highest BCUT2D eigenvalue weighted by atomic mass is 35.5. The fraction of sp³-hybridized carbons (Fsp3) is 0.421. The van der Waals surface area contributed by atoms with Crippen LogP contribution >= 0.6 is 23.2 Å². The largest absolute Gasteiger partial charge is 0.341 e. The van der Waals surface area contributed by atoms with E-state index in [1.807, 2.05) is 4.90 Å². The van der Waals surface area contributed by atoms with Crippen molar-refractivity contribution in [1.29, 1.82) is 0 Å². The molecule has 0 saturated carbocycles. The maximum absolute atomic E-state index is 12.8. The minimum absolute atomic E-state index is 0.00152. The maximum atomic E-state index is 12.8. The Morgan fingerprint density at radius 3 is 2.47 bits per heavy atom. The molecule has 3 rings (SSSR count). The Hall–Kier alpha value is -1.94. The average molecular weight is 472 g/mol. The number of nitrogens with zero attached hydrogens (tertiary/aromatic N) is 4. The summed E-state index contributed by atoms with van der Waals surface area (Å²) in [6.07, 6.45) is 3.47. The molecule has 0 radical (unpaired) electrons. The second kappa shape index (κ2) is 9.47. The van der Waals surface area contributed by atoms with Gasteiger partial charge in [0.1, 0.15) is 0 Å². The van der Waals surface area contributed by atoms with Crippen molar-refractivity contribution in [3.8, 4) is 0 Å². The fourth-order valence-electron chi connectivity index (χ4n) is 3.24. The van der Waals surface area contributed by atoms with Gasteiger partial charge < -0.3 is 10.2 Å². The molecule has 0 spiro atoms. The molecule has 0 atom stereocenters. The number of amides is 1. The van der Waals surface area contributed by atoms with Crippen molar-refractivity contribution in [3.63, 3.8) is 0 Å². The molecule has 11 heteroatoms. The van der Waals surface area contributed by atoms with Crippen molar-refractivity contribution in [1.82, 2.24) is 14.3 Å². The van der Waals surface area contributed by atoms with Crippen molar-refractivity contribution in [2.24, 2.45) is 0 Å². The quantitative estimate of drug-likeness (QED) is 0.661. The summed E-state index contributed by atoms with van der Waals surface area (Å²) in [5.41, 5.74) is 0.161. The van der Waals surface area contributed by atoms with E-state index in [0.717, 1.165) is 25.9 Å². The van der Waals surface area contributed by atoms with E-state index in [1.54, 1.807) is 13.8 Å². The van der Waals surface area contributed by atoms with Gasteiger partial charge in [0.25, 0.3) is 5.91 Å². The van der Waals surface area contributed by atoms with Gasteiger partial charge in [-0.1, -0.05) is 37.0 Å². The standard InChI is InChI=1S/C19H23Cl2N5O3S/c1-3-26(4-2)30(28,29)13-7-8-14(20)16(11-13)23-18(27)17-15(21)12-22-19(24-17)25-9-5-6-10-25/h7-8,11-12H,3-6,9-10H2,1-2H3,(H,23,27). The lowest BCUT2D eigenvalue weighted by molar-refractivity contribution is 0.102. The number of benzene rings is 1. The third kappa shape index (κ3) is 4.69. The molecule has 1 aliphatic heterocycles. The van der Waals surface area contributed by atoms with Crippen LogP contribution < -0.4 is 10.2 Å². The predicted molar refractivity (Wildman–Crippen MR) is 118 cm³/mol. The molecular weight excluding hydrogens is 449 g/mol. The van der Waals surface area contributed by atoms with Crippen molar-refractivity contribution in [2.45, 2.75) is 31.6 Å². The number of sulfonamides is 1. The van der Waals surface area contributed by atoms with Crippen LogP contribution in [0.2, 0.25) is 10.0 Å². The lowest BCUT2D eigenvalue weighted by atomic mass is 10.3. The number of aromatic nitrogens is 2. The summed E-state index contributed by atoms with van der Waals surface area (Å²) < 4.78 is 26.9. The molecule has 8 nitrogen and oxygen atoms in total. The number of rotatable bonds is 7. The van der Waals surface area contributed by atoms with Crippen LogP contribution in [0.15, 0.2) is 29.3 Å². The average Bonchev–Trinajstić information content (AvgIpc) is 3.25. The second-order valence-corrected chi connectivity index (χ2v) is 9.50. The summed E-state index contributed by atoms with van der Waals surface area (Å²) >= 11 is 12.3. The molecule has 1 saturated heterocycles. The molecular formula is C19H23Cl2N5O3S. The summed E-state index contributed by atoms with van der Waals surface area (Å²) in [6.45, 7) is 5.82. The monoisotopic (exact) mass is 471 g/mol.